The Hall–Kier alpha value is -2.12. The van der Waals surface area contributed by atoms with E-state index in [1.807, 2.05) is 26.0 Å². The van der Waals surface area contributed by atoms with Crippen LogP contribution in [0, 0.1) is 6.92 Å². The van der Waals surface area contributed by atoms with Gasteiger partial charge < -0.3 is 9.73 Å². The number of amides is 1. The Morgan fingerprint density at radius 1 is 1.14 bits per heavy atom. The largest absolute Gasteiger partial charge is 0.464 e. The lowest BCUT2D eigenvalue weighted by atomic mass is 10.2. The molecule has 1 amide bonds. The van der Waals surface area contributed by atoms with E-state index in [2.05, 4.69) is 10.0 Å². The molecule has 0 saturated carbocycles. The Labute approximate surface area is 129 Å². The van der Waals surface area contributed by atoms with Gasteiger partial charge >= 0.3 is 0 Å². The van der Waals surface area contributed by atoms with Crippen LogP contribution in [0.3, 0.4) is 0 Å². The summed E-state index contributed by atoms with van der Waals surface area (Å²) >= 11 is 0. The van der Waals surface area contributed by atoms with Gasteiger partial charge in [0.15, 0.2) is 0 Å². The van der Waals surface area contributed by atoms with Crippen molar-refractivity contribution >= 4 is 15.9 Å². The van der Waals surface area contributed by atoms with E-state index in [1.54, 1.807) is 0 Å². The summed E-state index contributed by atoms with van der Waals surface area (Å²) in [6, 6.07) is 9.09. The number of nitrogens with one attached hydrogen (secondary N) is 2. The lowest BCUT2D eigenvalue weighted by Gasteiger charge is -2.12. The molecule has 1 heterocycles. The summed E-state index contributed by atoms with van der Waals surface area (Å²) in [6.45, 7) is 3.65. The summed E-state index contributed by atoms with van der Waals surface area (Å²) in [5.74, 6) is 1.15. The topological polar surface area (TPSA) is 88.4 Å². The third-order valence-corrected chi connectivity index (χ3v) is 4.66. The second-order valence-electron chi connectivity index (χ2n) is 4.88. The Balaban J connectivity index is 2.10. The van der Waals surface area contributed by atoms with E-state index in [-0.39, 0.29) is 16.8 Å². The molecule has 1 atom stereocenters. The van der Waals surface area contributed by atoms with Gasteiger partial charge in [-0.3, -0.25) is 4.79 Å². The van der Waals surface area contributed by atoms with Gasteiger partial charge in [0.25, 0.3) is 5.91 Å². The third-order valence-electron chi connectivity index (χ3n) is 3.23. The highest BCUT2D eigenvalue weighted by Crippen LogP contribution is 2.17. The Morgan fingerprint density at radius 2 is 1.77 bits per heavy atom. The van der Waals surface area contributed by atoms with Crippen LogP contribution >= 0.6 is 0 Å². The van der Waals surface area contributed by atoms with Crippen LogP contribution in [-0.2, 0) is 10.0 Å². The van der Waals surface area contributed by atoms with Crippen molar-refractivity contribution in [1.82, 2.24) is 10.0 Å². The van der Waals surface area contributed by atoms with Crippen molar-refractivity contribution in [2.24, 2.45) is 0 Å². The van der Waals surface area contributed by atoms with Gasteiger partial charge in [0, 0.05) is 5.56 Å². The average Bonchev–Trinajstić information content (AvgIpc) is 2.94. The zero-order chi connectivity index (χ0) is 16.3. The SMILES string of the molecule is CNS(=O)(=O)c1ccc(C(=O)N[C@H](C)c2ccc(C)o2)cc1. The number of hydrogen-bond acceptors (Lipinski definition) is 4. The van der Waals surface area contributed by atoms with Crippen LogP contribution in [-0.4, -0.2) is 21.4 Å². The summed E-state index contributed by atoms with van der Waals surface area (Å²) in [6.07, 6.45) is 0. The first-order valence-electron chi connectivity index (χ1n) is 6.74. The summed E-state index contributed by atoms with van der Waals surface area (Å²) in [5, 5.41) is 2.80. The molecular weight excluding hydrogens is 304 g/mol. The second kappa shape index (κ2) is 6.33. The van der Waals surface area contributed by atoms with E-state index < -0.39 is 10.0 Å². The van der Waals surface area contributed by atoms with E-state index in [4.69, 9.17) is 4.42 Å². The van der Waals surface area contributed by atoms with Crippen LogP contribution in [0.4, 0.5) is 0 Å². The summed E-state index contributed by atoms with van der Waals surface area (Å²) in [5.41, 5.74) is 0.380. The Kier molecular flexibility index (Phi) is 4.68. The van der Waals surface area contributed by atoms with E-state index in [0.717, 1.165) is 5.76 Å². The van der Waals surface area contributed by atoms with Crippen molar-refractivity contribution in [3.05, 3.63) is 53.5 Å². The summed E-state index contributed by atoms with van der Waals surface area (Å²) in [7, 11) is -2.16. The Bertz CT molecular complexity index is 763. The Morgan fingerprint density at radius 3 is 2.27 bits per heavy atom. The molecule has 1 aromatic carbocycles. The van der Waals surface area contributed by atoms with Gasteiger partial charge in [-0.05, 0) is 57.3 Å². The highest BCUT2D eigenvalue weighted by molar-refractivity contribution is 7.89. The fourth-order valence-electron chi connectivity index (χ4n) is 1.94. The average molecular weight is 322 g/mol. The van der Waals surface area contributed by atoms with Crippen LogP contribution in [0.25, 0.3) is 0 Å². The molecule has 0 radical (unpaired) electrons. The van der Waals surface area contributed by atoms with Crippen LogP contribution in [0.2, 0.25) is 0 Å². The molecule has 0 unspecified atom stereocenters. The van der Waals surface area contributed by atoms with Crippen LogP contribution < -0.4 is 10.0 Å². The highest BCUT2D eigenvalue weighted by atomic mass is 32.2. The molecule has 0 saturated heterocycles. The standard InChI is InChI=1S/C15H18N2O4S/c1-10-4-9-14(21-10)11(2)17-15(18)12-5-7-13(8-6-12)22(19,20)16-3/h4-9,11,16H,1-3H3,(H,17,18)/t11-/m1/s1. The maximum Gasteiger partial charge on any atom is 0.251 e. The minimum atomic E-state index is -3.50. The van der Waals surface area contributed by atoms with Crippen molar-refractivity contribution in [2.45, 2.75) is 24.8 Å². The zero-order valence-corrected chi connectivity index (χ0v) is 13.4. The number of aryl methyl sites for hydroxylation is 1. The van der Waals surface area contributed by atoms with Crippen molar-refractivity contribution in [2.75, 3.05) is 7.05 Å². The van der Waals surface area contributed by atoms with E-state index >= 15 is 0 Å². The van der Waals surface area contributed by atoms with Crippen LogP contribution in [0.1, 0.15) is 34.8 Å². The van der Waals surface area contributed by atoms with E-state index in [9.17, 15) is 13.2 Å². The van der Waals surface area contributed by atoms with Gasteiger partial charge in [-0.2, -0.15) is 0 Å². The lowest BCUT2D eigenvalue weighted by Crippen LogP contribution is -2.26. The molecule has 2 rings (SSSR count). The molecule has 1 aromatic heterocycles. The summed E-state index contributed by atoms with van der Waals surface area (Å²) < 4.78 is 30.9. The molecule has 0 bridgehead atoms. The smallest absolute Gasteiger partial charge is 0.251 e. The zero-order valence-electron chi connectivity index (χ0n) is 12.6. The molecule has 6 nitrogen and oxygen atoms in total. The monoisotopic (exact) mass is 322 g/mol. The molecule has 118 valence electrons. The normalized spacial score (nSPS) is 12.9. The number of carbonyl (C=O) groups excluding carboxylic acids is 1. The predicted octanol–water partition coefficient (Wildman–Crippen LogP) is 1.99. The van der Waals surface area contributed by atoms with Crippen molar-refractivity contribution < 1.29 is 17.6 Å². The molecule has 0 fully saturated rings. The van der Waals surface area contributed by atoms with Crippen LogP contribution in [0.15, 0.2) is 45.7 Å². The molecule has 22 heavy (non-hydrogen) atoms. The van der Waals surface area contributed by atoms with E-state index in [1.165, 1.54) is 31.3 Å². The molecular formula is C15H18N2O4S. The van der Waals surface area contributed by atoms with Gasteiger partial charge in [0.2, 0.25) is 10.0 Å². The molecule has 2 N–H and O–H groups in total. The number of hydrogen-bond donors (Lipinski definition) is 2. The molecule has 2 aromatic rings. The maximum atomic E-state index is 12.1. The quantitative estimate of drug-likeness (QED) is 0.881. The van der Waals surface area contributed by atoms with Gasteiger partial charge in [0.05, 0.1) is 10.9 Å². The second-order valence-corrected chi connectivity index (χ2v) is 6.76. The number of sulfonamides is 1. The molecule has 0 aliphatic carbocycles. The fourth-order valence-corrected chi connectivity index (χ4v) is 2.67. The predicted molar refractivity (Wildman–Crippen MR) is 82.0 cm³/mol. The fraction of sp³-hybridized carbons (Fsp3) is 0.267. The summed E-state index contributed by atoms with van der Waals surface area (Å²) in [4.78, 5) is 12.3. The van der Waals surface area contributed by atoms with Gasteiger partial charge in [-0.1, -0.05) is 0 Å². The first-order valence-corrected chi connectivity index (χ1v) is 8.22. The highest BCUT2D eigenvalue weighted by Gasteiger charge is 2.16. The molecule has 0 spiro atoms. The number of furan rings is 1. The van der Waals surface area contributed by atoms with Crippen LogP contribution in [0.5, 0.6) is 0 Å². The number of rotatable bonds is 5. The minimum Gasteiger partial charge on any atom is -0.464 e. The van der Waals surface area contributed by atoms with E-state index in [0.29, 0.717) is 11.3 Å². The third kappa shape index (κ3) is 3.55. The molecule has 0 aliphatic rings. The first-order chi connectivity index (χ1) is 10.3. The number of benzene rings is 1. The maximum absolute atomic E-state index is 12.1. The van der Waals surface area contributed by atoms with Gasteiger partial charge in [-0.25, -0.2) is 13.1 Å². The van der Waals surface area contributed by atoms with Gasteiger partial charge in [-0.15, -0.1) is 0 Å². The number of carbonyl (C=O) groups is 1. The van der Waals surface area contributed by atoms with Gasteiger partial charge in [0.1, 0.15) is 11.5 Å². The first kappa shape index (κ1) is 16.3. The lowest BCUT2D eigenvalue weighted by molar-refractivity contribution is 0.0935. The molecule has 0 aliphatic heterocycles. The molecule has 7 heteroatoms. The van der Waals surface area contributed by atoms with Crippen molar-refractivity contribution in [3.63, 3.8) is 0 Å². The van der Waals surface area contributed by atoms with Crippen molar-refractivity contribution in [1.29, 1.82) is 0 Å². The van der Waals surface area contributed by atoms with Crippen molar-refractivity contribution in [3.8, 4) is 0 Å². The minimum absolute atomic E-state index is 0.112.